The Kier molecular flexibility index (Phi) is 5.10. The molecule has 1 nitrogen and oxygen atoms in total. The van der Waals surface area contributed by atoms with Crippen LogP contribution in [0.4, 0.5) is 5.69 Å². The third kappa shape index (κ3) is 3.51. The van der Waals surface area contributed by atoms with Gasteiger partial charge in [0.15, 0.2) is 0 Å². The number of benzene rings is 1. The monoisotopic (exact) mass is 245 g/mol. The quantitative estimate of drug-likeness (QED) is 0.651. The van der Waals surface area contributed by atoms with Gasteiger partial charge >= 0.3 is 0 Å². The van der Waals surface area contributed by atoms with E-state index in [0.29, 0.717) is 0 Å². The fourth-order valence-corrected chi connectivity index (χ4v) is 2.93. The molecule has 0 saturated carbocycles. The van der Waals surface area contributed by atoms with Gasteiger partial charge in [-0.15, -0.1) is 0 Å². The molecule has 0 amide bonds. The van der Waals surface area contributed by atoms with Gasteiger partial charge in [-0.05, 0) is 50.3 Å². The molecule has 1 atom stereocenters. The molecule has 1 fully saturated rings. The van der Waals surface area contributed by atoms with E-state index in [1.54, 1.807) is 0 Å². The normalized spacial score (nSPS) is 19.4. The number of nitrogens with zero attached hydrogens (tertiary/aromatic N) is 1. The lowest BCUT2D eigenvalue weighted by Gasteiger charge is -2.23. The van der Waals surface area contributed by atoms with Crippen LogP contribution in [0.3, 0.4) is 0 Å². The van der Waals surface area contributed by atoms with Gasteiger partial charge in [0.25, 0.3) is 0 Å². The van der Waals surface area contributed by atoms with E-state index in [9.17, 15) is 0 Å². The van der Waals surface area contributed by atoms with Gasteiger partial charge in [-0.2, -0.15) is 0 Å². The van der Waals surface area contributed by atoms with E-state index in [4.69, 9.17) is 0 Å². The van der Waals surface area contributed by atoms with Crippen molar-refractivity contribution >= 4 is 5.69 Å². The van der Waals surface area contributed by atoms with Crippen molar-refractivity contribution in [1.82, 2.24) is 0 Å². The molecular formula is C17H27N. The summed E-state index contributed by atoms with van der Waals surface area (Å²) >= 11 is 0. The lowest BCUT2D eigenvalue weighted by atomic mass is 10.1. The van der Waals surface area contributed by atoms with Gasteiger partial charge in [-0.1, -0.05) is 38.3 Å². The first kappa shape index (κ1) is 13.5. The molecule has 2 rings (SSSR count). The smallest absolute Gasteiger partial charge is 0.0368 e. The predicted molar refractivity (Wildman–Crippen MR) is 80.3 cm³/mol. The summed E-state index contributed by atoms with van der Waals surface area (Å²) in [6.45, 7) is 5.84. The van der Waals surface area contributed by atoms with Crippen LogP contribution in [0.25, 0.3) is 0 Å². The highest BCUT2D eigenvalue weighted by Gasteiger charge is 2.19. The van der Waals surface area contributed by atoms with Crippen molar-refractivity contribution in [2.75, 3.05) is 11.4 Å². The molecule has 1 aromatic rings. The molecule has 100 valence electrons. The first-order valence-electron chi connectivity index (χ1n) is 7.67. The molecule has 1 aliphatic heterocycles. The van der Waals surface area contributed by atoms with Crippen molar-refractivity contribution in [2.24, 2.45) is 0 Å². The van der Waals surface area contributed by atoms with Crippen molar-refractivity contribution in [3.63, 3.8) is 0 Å². The van der Waals surface area contributed by atoms with Crippen LogP contribution in [0.5, 0.6) is 0 Å². The second-order valence-corrected chi connectivity index (χ2v) is 5.66. The highest BCUT2D eigenvalue weighted by molar-refractivity contribution is 5.49. The number of hydrogen-bond donors (Lipinski definition) is 0. The van der Waals surface area contributed by atoms with Crippen LogP contribution >= 0.6 is 0 Å². The third-order valence-corrected chi connectivity index (χ3v) is 4.14. The summed E-state index contributed by atoms with van der Waals surface area (Å²) in [6.07, 6.45) is 9.36. The Bertz CT molecular complexity index is 341. The third-order valence-electron chi connectivity index (χ3n) is 4.14. The number of aryl methyl sites for hydroxylation is 1. The molecule has 0 bridgehead atoms. The van der Waals surface area contributed by atoms with Crippen molar-refractivity contribution in [2.45, 2.75) is 64.8 Å². The van der Waals surface area contributed by atoms with E-state index < -0.39 is 0 Å². The van der Waals surface area contributed by atoms with E-state index in [1.165, 1.54) is 62.7 Å². The molecule has 1 heteroatoms. The van der Waals surface area contributed by atoms with Gasteiger partial charge in [0.05, 0.1) is 0 Å². The second-order valence-electron chi connectivity index (χ2n) is 5.66. The number of hydrogen-bond acceptors (Lipinski definition) is 1. The number of rotatable bonds is 6. The zero-order valence-electron chi connectivity index (χ0n) is 12.0. The lowest BCUT2D eigenvalue weighted by Crippen LogP contribution is -2.25. The van der Waals surface area contributed by atoms with Gasteiger partial charge in [-0.3, -0.25) is 0 Å². The molecule has 0 aliphatic carbocycles. The van der Waals surface area contributed by atoms with E-state index in [-0.39, 0.29) is 0 Å². The molecule has 1 aromatic carbocycles. The first-order chi connectivity index (χ1) is 8.81. The molecule has 1 aliphatic rings. The molecule has 0 N–H and O–H groups in total. The van der Waals surface area contributed by atoms with Crippen LogP contribution in [-0.4, -0.2) is 12.6 Å². The lowest BCUT2D eigenvalue weighted by molar-refractivity contribution is 0.667. The van der Waals surface area contributed by atoms with Crippen LogP contribution in [0.2, 0.25) is 0 Å². The summed E-state index contributed by atoms with van der Waals surface area (Å²) in [5.74, 6) is 0. The first-order valence-corrected chi connectivity index (χ1v) is 7.67. The number of unbranched alkanes of at least 4 members (excludes halogenated alkanes) is 3. The van der Waals surface area contributed by atoms with Gasteiger partial charge in [-0.25, -0.2) is 0 Å². The van der Waals surface area contributed by atoms with Crippen molar-refractivity contribution < 1.29 is 0 Å². The highest BCUT2D eigenvalue weighted by atomic mass is 15.2. The SMILES string of the molecule is CCCCCCc1ccc(N2CCCC2C)cc1. The molecular weight excluding hydrogens is 218 g/mol. The van der Waals surface area contributed by atoms with Gasteiger partial charge < -0.3 is 4.90 Å². The van der Waals surface area contributed by atoms with Crippen molar-refractivity contribution in [3.05, 3.63) is 29.8 Å². The molecule has 0 spiro atoms. The summed E-state index contributed by atoms with van der Waals surface area (Å²) in [5, 5.41) is 0. The maximum atomic E-state index is 2.54. The minimum absolute atomic E-state index is 0.723. The van der Waals surface area contributed by atoms with Crippen molar-refractivity contribution in [1.29, 1.82) is 0 Å². The Balaban J connectivity index is 1.85. The Hall–Kier alpha value is -0.980. The summed E-state index contributed by atoms with van der Waals surface area (Å²) < 4.78 is 0. The van der Waals surface area contributed by atoms with E-state index >= 15 is 0 Å². The molecule has 1 heterocycles. The van der Waals surface area contributed by atoms with Gasteiger partial charge in [0.2, 0.25) is 0 Å². The predicted octanol–water partition coefficient (Wildman–Crippen LogP) is 4.80. The molecule has 1 unspecified atom stereocenters. The van der Waals surface area contributed by atoms with Gasteiger partial charge in [0, 0.05) is 18.3 Å². The average molecular weight is 245 g/mol. The number of anilines is 1. The minimum Gasteiger partial charge on any atom is -0.369 e. The van der Waals surface area contributed by atoms with Crippen molar-refractivity contribution in [3.8, 4) is 0 Å². The Morgan fingerprint density at radius 1 is 1.11 bits per heavy atom. The van der Waals surface area contributed by atoms with Crippen LogP contribution in [-0.2, 0) is 6.42 Å². The van der Waals surface area contributed by atoms with Crippen LogP contribution in [0.15, 0.2) is 24.3 Å². The summed E-state index contributed by atoms with van der Waals surface area (Å²) in [6, 6.07) is 10.0. The van der Waals surface area contributed by atoms with E-state index in [0.717, 1.165) is 6.04 Å². The highest BCUT2D eigenvalue weighted by Crippen LogP contribution is 2.25. The zero-order valence-corrected chi connectivity index (χ0v) is 12.0. The fraction of sp³-hybridized carbons (Fsp3) is 0.647. The molecule has 1 saturated heterocycles. The second kappa shape index (κ2) is 6.82. The zero-order chi connectivity index (χ0) is 12.8. The summed E-state index contributed by atoms with van der Waals surface area (Å²) in [7, 11) is 0. The molecule has 0 radical (unpaired) electrons. The topological polar surface area (TPSA) is 3.24 Å². The van der Waals surface area contributed by atoms with E-state index in [2.05, 4.69) is 43.0 Å². The maximum Gasteiger partial charge on any atom is 0.0368 e. The standard InChI is InChI=1S/C17H27N/c1-3-4-5-6-9-16-10-12-17(13-11-16)18-14-7-8-15(18)2/h10-13,15H,3-9,14H2,1-2H3. The summed E-state index contributed by atoms with van der Waals surface area (Å²) in [4.78, 5) is 2.54. The molecule has 18 heavy (non-hydrogen) atoms. The minimum atomic E-state index is 0.723. The fourth-order valence-electron chi connectivity index (χ4n) is 2.93. The largest absolute Gasteiger partial charge is 0.369 e. The Morgan fingerprint density at radius 3 is 2.50 bits per heavy atom. The molecule has 0 aromatic heterocycles. The Morgan fingerprint density at radius 2 is 1.89 bits per heavy atom. The van der Waals surface area contributed by atoms with Crippen LogP contribution in [0, 0.1) is 0 Å². The Labute approximate surface area is 112 Å². The summed E-state index contributed by atoms with van der Waals surface area (Å²) in [5.41, 5.74) is 2.92. The van der Waals surface area contributed by atoms with Crippen LogP contribution in [0.1, 0.15) is 57.9 Å². The average Bonchev–Trinajstić information content (AvgIpc) is 2.82. The van der Waals surface area contributed by atoms with Crippen LogP contribution < -0.4 is 4.90 Å². The van der Waals surface area contributed by atoms with E-state index in [1.807, 2.05) is 0 Å². The van der Waals surface area contributed by atoms with Gasteiger partial charge in [0.1, 0.15) is 0 Å². The maximum absolute atomic E-state index is 2.54.